The minimum Gasteiger partial charge on any atom is -0.322 e. The summed E-state index contributed by atoms with van der Waals surface area (Å²) < 4.78 is 21.8. The van der Waals surface area contributed by atoms with E-state index in [4.69, 9.17) is 15.0 Å². The van der Waals surface area contributed by atoms with E-state index in [9.17, 15) is 13.8 Å². The summed E-state index contributed by atoms with van der Waals surface area (Å²) in [6.45, 7) is 0. The van der Waals surface area contributed by atoms with Crippen molar-refractivity contribution in [1.82, 2.24) is 5.48 Å². The second-order valence-electron chi connectivity index (χ2n) is 1.40. The van der Waals surface area contributed by atoms with Crippen LogP contribution in [0.2, 0.25) is 0 Å². The summed E-state index contributed by atoms with van der Waals surface area (Å²) in [5.74, 6) is -4.76. The Kier molecular flexibility index (Phi) is 2.92. The summed E-state index contributed by atoms with van der Waals surface area (Å²) in [4.78, 5) is 25.8. The zero-order valence-corrected chi connectivity index (χ0v) is 5.46. The first-order valence-corrected chi connectivity index (χ1v) is 3.71. The van der Waals surface area contributed by atoms with Gasteiger partial charge in [-0.05, 0) is 0 Å². The molecule has 4 N–H and O–H groups in total. The predicted molar refractivity (Wildman–Crippen MR) is 26.9 cm³/mol. The molecule has 0 aliphatic heterocycles. The fraction of sp³-hybridized carbons (Fsp3) is 0.500. The Morgan fingerprint density at radius 1 is 1.60 bits per heavy atom. The molecule has 1 amide bonds. The summed E-state index contributed by atoms with van der Waals surface area (Å²) in [5, 5.41) is 7.69. The molecule has 0 saturated heterocycles. The number of hydrogen-bond acceptors (Lipinski definition) is 3. The average Bonchev–Trinajstić information content (AvgIpc) is 1.83. The summed E-state index contributed by atoms with van der Waals surface area (Å²) in [5.41, 5.74) is 0.765. The van der Waals surface area contributed by atoms with E-state index in [2.05, 4.69) is 0 Å². The van der Waals surface area contributed by atoms with Crippen molar-refractivity contribution in [3.05, 3.63) is 0 Å². The molecule has 0 fully saturated rings. The molecule has 6 nitrogen and oxygen atoms in total. The third-order valence-electron chi connectivity index (χ3n) is 0.622. The first-order valence-electron chi connectivity index (χ1n) is 2.03. The Morgan fingerprint density at radius 3 is 2.10 bits per heavy atom. The van der Waals surface area contributed by atoms with E-state index >= 15 is 0 Å². The van der Waals surface area contributed by atoms with Gasteiger partial charge in [-0.25, -0.2) is 9.87 Å². The molecule has 1 atom stereocenters. The van der Waals surface area contributed by atoms with Gasteiger partial charge in [0.2, 0.25) is 0 Å². The van der Waals surface area contributed by atoms with Crippen LogP contribution in [0.15, 0.2) is 0 Å². The molecule has 0 saturated carbocycles. The van der Waals surface area contributed by atoms with Crippen LogP contribution in [-0.2, 0) is 9.36 Å². The average molecular weight is 173 g/mol. The highest BCUT2D eigenvalue weighted by Crippen LogP contribution is 2.41. The Morgan fingerprint density at radius 2 is 2.00 bits per heavy atom. The highest BCUT2D eigenvalue weighted by atomic mass is 31.2. The highest BCUT2D eigenvalue weighted by Gasteiger charge is 2.35. The standard InChI is InChI=1S/C2H5FNO5P/c3-1(2(5)4-6)10(7,8)9/h1,6H,(H,4,5)(H2,7,8,9). The van der Waals surface area contributed by atoms with Gasteiger partial charge in [-0.1, -0.05) is 0 Å². The van der Waals surface area contributed by atoms with E-state index in [1.807, 2.05) is 0 Å². The number of carbonyl (C=O) groups is 1. The third kappa shape index (κ3) is 2.40. The molecule has 0 aliphatic rings. The van der Waals surface area contributed by atoms with Crippen LogP contribution in [0.1, 0.15) is 0 Å². The fourth-order valence-electron chi connectivity index (χ4n) is 0.206. The van der Waals surface area contributed by atoms with Crippen molar-refractivity contribution in [2.24, 2.45) is 0 Å². The quantitative estimate of drug-likeness (QED) is 0.242. The van der Waals surface area contributed by atoms with Crippen molar-refractivity contribution >= 4 is 13.5 Å². The number of halogens is 1. The molecule has 60 valence electrons. The smallest absolute Gasteiger partial charge is 0.322 e. The molecule has 1 unspecified atom stereocenters. The zero-order chi connectivity index (χ0) is 8.36. The maximum atomic E-state index is 12.0. The number of amides is 1. The van der Waals surface area contributed by atoms with Crippen LogP contribution in [0, 0.1) is 0 Å². The van der Waals surface area contributed by atoms with Crippen LogP contribution in [0.25, 0.3) is 0 Å². The van der Waals surface area contributed by atoms with Crippen molar-refractivity contribution in [2.45, 2.75) is 5.91 Å². The molecule has 0 bridgehead atoms. The van der Waals surface area contributed by atoms with Gasteiger partial charge in [-0.15, -0.1) is 0 Å². The summed E-state index contributed by atoms with van der Waals surface area (Å²) in [6, 6.07) is 0. The molecule has 0 heterocycles. The van der Waals surface area contributed by atoms with Gasteiger partial charge in [-0.2, -0.15) is 0 Å². The van der Waals surface area contributed by atoms with Crippen molar-refractivity contribution in [3.8, 4) is 0 Å². The third-order valence-corrected chi connectivity index (χ3v) is 1.45. The van der Waals surface area contributed by atoms with Gasteiger partial charge in [0.25, 0.3) is 11.8 Å². The normalized spacial score (nSPS) is 14.4. The monoisotopic (exact) mass is 173 g/mol. The molecule has 0 aromatic carbocycles. The van der Waals surface area contributed by atoms with Gasteiger partial charge in [0.1, 0.15) is 0 Å². The molecule has 0 rings (SSSR count). The lowest BCUT2D eigenvalue weighted by Gasteiger charge is -2.06. The van der Waals surface area contributed by atoms with E-state index < -0.39 is 19.4 Å². The summed E-state index contributed by atoms with van der Waals surface area (Å²) >= 11 is 0. The van der Waals surface area contributed by atoms with Crippen molar-refractivity contribution in [1.29, 1.82) is 0 Å². The maximum Gasteiger partial charge on any atom is 0.369 e. The van der Waals surface area contributed by atoms with Crippen molar-refractivity contribution in [2.75, 3.05) is 0 Å². The number of rotatable bonds is 2. The Labute approximate surface area is 54.8 Å². The highest BCUT2D eigenvalue weighted by molar-refractivity contribution is 7.53. The lowest BCUT2D eigenvalue weighted by Crippen LogP contribution is -2.28. The molecule has 0 aromatic heterocycles. The number of hydroxylamine groups is 1. The first kappa shape index (κ1) is 9.51. The van der Waals surface area contributed by atoms with Gasteiger partial charge in [-0.3, -0.25) is 14.6 Å². The second-order valence-corrected chi connectivity index (χ2v) is 3.03. The van der Waals surface area contributed by atoms with Crippen molar-refractivity contribution < 1.29 is 28.7 Å². The molecule has 10 heavy (non-hydrogen) atoms. The molecular formula is C2H5FNO5P. The van der Waals surface area contributed by atoms with Gasteiger partial charge >= 0.3 is 7.60 Å². The van der Waals surface area contributed by atoms with Crippen molar-refractivity contribution in [3.63, 3.8) is 0 Å². The number of alkyl halides is 1. The predicted octanol–water partition coefficient (Wildman–Crippen LogP) is -1.03. The largest absolute Gasteiger partial charge is 0.369 e. The van der Waals surface area contributed by atoms with Gasteiger partial charge in [0, 0.05) is 0 Å². The van der Waals surface area contributed by atoms with Gasteiger partial charge in [0.15, 0.2) is 0 Å². The van der Waals surface area contributed by atoms with Crippen LogP contribution in [0.3, 0.4) is 0 Å². The van der Waals surface area contributed by atoms with Gasteiger partial charge < -0.3 is 9.79 Å². The van der Waals surface area contributed by atoms with Crippen LogP contribution in [0.5, 0.6) is 0 Å². The second kappa shape index (κ2) is 3.07. The Balaban J connectivity index is 4.23. The fourth-order valence-corrected chi connectivity index (χ4v) is 0.569. The van der Waals surface area contributed by atoms with E-state index in [0.29, 0.717) is 0 Å². The lowest BCUT2D eigenvalue weighted by atomic mass is 10.7. The number of hydrogen-bond donors (Lipinski definition) is 4. The Hall–Kier alpha value is -0.490. The van der Waals surface area contributed by atoms with Crippen LogP contribution < -0.4 is 5.48 Å². The molecule has 0 spiro atoms. The van der Waals surface area contributed by atoms with E-state index in [1.165, 1.54) is 0 Å². The van der Waals surface area contributed by atoms with Crippen LogP contribution in [0.4, 0.5) is 4.39 Å². The minimum absolute atomic E-state index is 0.765. The topological polar surface area (TPSA) is 107 Å². The number of carbonyl (C=O) groups excluding carboxylic acids is 1. The van der Waals surface area contributed by atoms with Gasteiger partial charge in [0.05, 0.1) is 0 Å². The summed E-state index contributed by atoms with van der Waals surface area (Å²) in [6.07, 6.45) is 0. The number of nitrogens with one attached hydrogen (secondary N) is 1. The minimum atomic E-state index is -5.07. The van der Waals surface area contributed by atoms with Crippen LogP contribution in [-0.4, -0.2) is 26.8 Å². The molecule has 0 aromatic rings. The molecule has 0 radical (unpaired) electrons. The Bertz CT molecular complexity index is 176. The molecular weight excluding hydrogens is 168 g/mol. The molecule has 0 aliphatic carbocycles. The van der Waals surface area contributed by atoms with E-state index in [-0.39, 0.29) is 0 Å². The summed E-state index contributed by atoms with van der Waals surface area (Å²) in [7, 11) is -5.07. The van der Waals surface area contributed by atoms with E-state index in [1.54, 1.807) is 0 Å². The molecule has 8 heteroatoms. The van der Waals surface area contributed by atoms with E-state index in [0.717, 1.165) is 5.48 Å². The first-order chi connectivity index (χ1) is 4.39. The zero-order valence-electron chi connectivity index (χ0n) is 4.56. The maximum absolute atomic E-state index is 12.0. The SMILES string of the molecule is O=C(NO)C(F)P(=O)(O)O. The van der Waals surface area contributed by atoms with Crippen LogP contribution >= 0.6 is 7.60 Å². The lowest BCUT2D eigenvalue weighted by molar-refractivity contribution is -0.132.